The number of aryl methyl sites for hydroxylation is 1. The van der Waals surface area contributed by atoms with E-state index in [-0.39, 0.29) is 22.4 Å². The molecule has 6 nitrogen and oxygen atoms in total. The third kappa shape index (κ3) is 4.00. The van der Waals surface area contributed by atoms with E-state index in [1.54, 1.807) is 9.80 Å². The molecule has 0 radical (unpaired) electrons. The van der Waals surface area contributed by atoms with Gasteiger partial charge in [-0.25, -0.2) is 9.07 Å². The molecule has 2 aromatic carbocycles. The van der Waals surface area contributed by atoms with Crippen molar-refractivity contribution in [3.63, 3.8) is 0 Å². The standard InChI is InChI=1S/C24H20ClFN4O2S/c1-15-19-14-21(33-24(19)30(27-15)17-5-3-2-4-6-17)23(32)29-11-9-28(10-12-29)22(31)18-8-7-16(26)13-20(18)25/h2-8,13-14H,9-12H2,1H3. The number of benzene rings is 2. The molecular weight excluding hydrogens is 463 g/mol. The second kappa shape index (κ2) is 8.61. The van der Waals surface area contributed by atoms with Gasteiger partial charge in [-0.1, -0.05) is 29.8 Å². The van der Waals surface area contributed by atoms with Gasteiger partial charge in [0.2, 0.25) is 0 Å². The summed E-state index contributed by atoms with van der Waals surface area (Å²) in [5.41, 5.74) is 2.09. The van der Waals surface area contributed by atoms with Crippen molar-refractivity contribution in [1.29, 1.82) is 0 Å². The minimum Gasteiger partial charge on any atom is -0.335 e. The molecule has 1 saturated heterocycles. The Balaban J connectivity index is 1.31. The lowest BCUT2D eigenvalue weighted by molar-refractivity contribution is 0.0538. The average molecular weight is 483 g/mol. The van der Waals surface area contributed by atoms with Crippen molar-refractivity contribution in [3.8, 4) is 5.69 Å². The molecule has 168 valence electrons. The van der Waals surface area contributed by atoms with E-state index in [9.17, 15) is 14.0 Å². The highest BCUT2D eigenvalue weighted by Crippen LogP contribution is 2.31. The van der Waals surface area contributed by atoms with Crippen LogP contribution in [0.3, 0.4) is 0 Å². The van der Waals surface area contributed by atoms with Crippen molar-refractivity contribution >= 4 is 45.0 Å². The molecule has 2 amide bonds. The van der Waals surface area contributed by atoms with Gasteiger partial charge >= 0.3 is 0 Å². The van der Waals surface area contributed by atoms with Gasteiger partial charge in [0.05, 0.1) is 26.8 Å². The molecule has 9 heteroatoms. The van der Waals surface area contributed by atoms with Crippen LogP contribution in [0.15, 0.2) is 54.6 Å². The minimum atomic E-state index is -0.485. The van der Waals surface area contributed by atoms with E-state index >= 15 is 0 Å². The van der Waals surface area contributed by atoms with E-state index in [1.807, 2.05) is 48.0 Å². The molecule has 33 heavy (non-hydrogen) atoms. The number of para-hydroxylation sites is 1. The number of piperazine rings is 1. The van der Waals surface area contributed by atoms with Gasteiger partial charge in [0.15, 0.2) is 0 Å². The maximum atomic E-state index is 13.3. The predicted molar refractivity (Wildman–Crippen MR) is 127 cm³/mol. The highest BCUT2D eigenvalue weighted by atomic mass is 35.5. The molecule has 1 fully saturated rings. The molecular formula is C24H20ClFN4O2S. The van der Waals surface area contributed by atoms with E-state index in [0.29, 0.717) is 31.1 Å². The fourth-order valence-corrected chi connectivity index (χ4v) is 5.40. The van der Waals surface area contributed by atoms with Gasteiger partial charge in [0.1, 0.15) is 10.6 Å². The number of amides is 2. The zero-order valence-corrected chi connectivity index (χ0v) is 19.4. The van der Waals surface area contributed by atoms with Gasteiger partial charge in [-0.15, -0.1) is 11.3 Å². The first-order valence-corrected chi connectivity index (χ1v) is 11.7. The van der Waals surface area contributed by atoms with Gasteiger partial charge in [-0.05, 0) is 43.3 Å². The molecule has 3 heterocycles. The van der Waals surface area contributed by atoms with Crippen molar-refractivity contribution in [3.05, 3.63) is 81.6 Å². The third-order valence-corrected chi connectivity index (χ3v) is 7.18. The molecule has 0 spiro atoms. The fourth-order valence-electron chi connectivity index (χ4n) is 4.00. The summed E-state index contributed by atoms with van der Waals surface area (Å²) < 4.78 is 15.2. The summed E-state index contributed by atoms with van der Waals surface area (Å²) in [6.45, 7) is 3.55. The van der Waals surface area contributed by atoms with Crippen molar-refractivity contribution < 1.29 is 14.0 Å². The quantitative estimate of drug-likeness (QED) is 0.422. The number of carbonyl (C=O) groups excluding carboxylic acids is 2. The molecule has 0 bridgehead atoms. The van der Waals surface area contributed by atoms with Gasteiger partial charge in [-0.3, -0.25) is 9.59 Å². The van der Waals surface area contributed by atoms with E-state index in [4.69, 9.17) is 11.6 Å². The minimum absolute atomic E-state index is 0.0536. The Labute approximate surface area is 198 Å². The molecule has 0 unspecified atom stereocenters. The van der Waals surface area contributed by atoms with E-state index in [0.717, 1.165) is 27.7 Å². The zero-order chi connectivity index (χ0) is 23.1. The van der Waals surface area contributed by atoms with Crippen LogP contribution in [0.25, 0.3) is 15.9 Å². The van der Waals surface area contributed by atoms with Crippen LogP contribution in [0.2, 0.25) is 5.02 Å². The lowest BCUT2D eigenvalue weighted by Crippen LogP contribution is -2.50. The molecule has 5 rings (SSSR count). The molecule has 0 aliphatic carbocycles. The largest absolute Gasteiger partial charge is 0.335 e. The Morgan fingerprint density at radius 3 is 2.30 bits per heavy atom. The maximum absolute atomic E-state index is 13.3. The van der Waals surface area contributed by atoms with Crippen molar-refractivity contribution in [1.82, 2.24) is 19.6 Å². The smallest absolute Gasteiger partial charge is 0.264 e. The first-order chi connectivity index (χ1) is 15.9. The van der Waals surface area contributed by atoms with Crippen molar-refractivity contribution in [2.24, 2.45) is 0 Å². The van der Waals surface area contributed by atoms with Gasteiger partial charge in [-0.2, -0.15) is 5.10 Å². The monoisotopic (exact) mass is 482 g/mol. The van der Waals surface area contributed by atoms with Crippen LogP contribution in [-0.2, 0) is 0 Å². The number of nitrogens with zero attached hydrogens (tertiary/aromatic N) is 4. The second-order valence-corrected chi connectivity index (χ2v) is 9.31. The number of hydrogen-bond donors (Lipinski definition) is 0. The first kappa shape index (κ1) is 21.6. The molecule has 1 aliphatic rings. The fraction of sp³-hybridized carbons (Fsp3) is 0.208. The third-order valence-electron chi connectivity index (χ3n) is 5.77. The summed E-state index contributed by atoms with van der Waals surface area (Å²) in [7, 11) is 0. The molecule has 0 atom stereocenters. The number of aromatic nitrogens is 2. The van der Waals surface area contributed by atoms with Crippen molar-refractivity contribution in [2.75, 3.05) is 26.2 Å². The van der Waals surface area contributed by atoms with Crippen LogP contribution >= 0.6 is 22.9 Å². The Hall–Kier alpha value is -3.23. The SMILES string of the molecule is Cc1nn(-c2ccccc2)c2sc(C(=O)N3CCN(C(=O)c4ccc(F)cc4Cl)CC3)cc12. The summed E-state index contributed by atoms with van der Waals surface area (Å²) >= 11 is 7.47. The molecule has 1 aliphatic heterocycles. The maximum Gasteiger partial charge on any atom is 0.264 e. The topological polar surface area (TPSA) is 58.4 Å². The van der Waals surface area contributed by atoms with E-state index in [1.165, 1.54) is 23.5 Å². The number of carbonyl (C=O) groups is 2. The van der Waals surface area contributed by atoms with E-state index < -0.39 is 5.82 Å². The lowest BCUT2D eigenvalue weighted by atomic mass is 10.1. The lowest BCUT2D eigenvalue weighted by Gasteiger charge is -2.34. The van der Waals surface area contributed by atoms with Crippen LogP contribution in [-0.4, -0.2) is 57.6 Å². The summed E-state index contributed by atoms with van der Waals surface area (Å²) in [5.74, 6) is -0.796. The van der Waals surface area contributed by atoms with Crippen molar-refractivity contribution in [2.45, 2.75) is 6.92 Å². The average Bonchev–Trinajstić information content (AvgIpc) is 3.39. The molecule has 2 aromatic heterocycles. The predicted octanol–water partition coefficient (Wildman–Crippen LogP) is 4.79. The van der Waals surface area contributed by atoms with Crippen LogP contribution in [0, 0.1) is 12.7 Å². The Bertz CT molecular complexity index is 1360. The van der Waals surface area contributed by atoms with Crippen LogP contribution in [0.1, 0.15) is 25.7 Å². The summed E-state index contributed by atoms with van der Waals surface area (Å²) in [6.07, 6.45) is 0. The van der Waals surface area contributed by atoms with Crippen LogP contribution in [0.5, 0.6) is 0 Å². The second-order valence-electron chi connectivity index (χ2n) is 7.87. The summed E-state index contributed by atoms with van der Waals surface area (Å²) in [6, 6.07) is 15.5. The summed E-state index contributed by atoms with van der Waals surface area (Å²) in [4.78, 5) is 31.0. The number of hydrogen-bond acceptors (Lipinski definition) is 4. The van der Waals surface area contributed by atoms with Crippen LogP contribution in [0.4, 0.5) is 4.39 Å². The Morgan fingerprint density at radius 1 is 0.970 bits per heavy atom. The number of thiophene rings is 1. The number of rotatable bonds is 3. The zero-order valence-electron chi connectivity index (χ0n) is 17.8. The summed E-state index contributed by atoms with van der Waals surface area (Å²) in [5, 5.41) is 5.68. The number of fused-ring (bicyclic) bond motifs is 1. The Morgan fingerprint density at radius 2 is 1.64 bits per heavy atom. The van der Waals surface area contributed by atoms with Gasteiger partial charge in [0, 0.05) is 31.6 Å². The molecule has 0 saturated carbocycles. The van der Waals surface area contributed by atoms with Gasteiger partial charge in [0.25, 0.3) is 11.8 Å². The first-order valence-electron chi connectivity index (χ1n) is 10.5. The molecule has 0 N–H and O–H groups in total. The molecule has 4 aromatic rings. The normalized spacial score (nSPS) is 14.2. The van der Waals surface area contributed by atoms with Crippen LogP contribution < -0.4 is 0 Å². The Kier molecular flexibility index (Phi) is 5.64. The van der Waals surface area contributed by atoms with E-state index in [2.05, 4.69) is 5.10 Å². The highest BCUT2D eigenvalue weighted by molar-refractivity contribution is 7.20. The highest BCUT2D eigenvalue weighted by Gasteiger charge is 2.28. The number of halogens is 2. The van der Waals surface area contributed by atoms with Gasteiger partial charge < -0.3 is 9.80 Å².